The predicted molar refractivity (Wildman–Crippen MR) is 151 cm³/mol. The van der Waals surface area contributed by atoms with Crippen molar-refractivity contribution in [3.05, 3.63) is 105 Å². The Labute approximate surface area is 232 Å². The number of nitrogens with zero attached hydrogens (tertiary/aromatic N) is 1. The van der Waals surface area contributed by atoms with Crippen molar-refractivity contribution in [1.29, 1.82) is 0 Å². The third-order valence-corrected chi connectivity index (χ3v) is 7.46. The van der Waals surface area contributed by atoms with Crippen LogP contribution in [0.4, 0.5) is 4.39 Å². The largest absolute Gasteiger partial charge is 0.354 e. The number of benzene rings is 3. The summed E-state index contributed by atoms with van der Waals surface area (Å²) in [5.74, 6) is 0.00513. The Balaban J connectivity index is 1.85. The van der Waals surface area contributed by atoms with Crippen molar-refractivity contribution in [2.45, 2.75) is 38.6 Å². The minimum absolute atomic E-state index is 0.00849. The van der Waals surface area contributed by atoms with Crippen molar-refractivity contribution in [3.63, 3.8) is 0 Å². The second-order valence-electron chi connectivity index (χ2n) is 9.20. The molecule has 0 saturated carbocycles. The summed E-state index contributed by atoms with van der Waals surface area (Å²) < 4.78 is 14.6. The fraction of sp³-hybridized carbons (Fsp3) is 0.310. The van der Waals surface area contributed by atoms with Crippen LogP contribution < -0.4 is 5.32 Å². The van der Waals surface area contributed by atoms with Crippen molar-refractivity contribution in [3.8, 4) is 0 Å². The molecule has 0 fully saturated rings. The van der Waals surface area contributed by atoms with E-state index in [0.29, 0.717) is 34.3 Å². The van der Waals surface area contributed by atoms with Crippen molar-refractivity contribution < 1.29 is 14.0 Å². The topological polar surface area (TPSA) is 49.4 Å². The standard InChI is InChI=1S/C29H31Cl2FN2O2S/c1-20(2)16-33-29(36)27(15-21-8-4-3-5-9-21)34(17-23-10-6-7-11-26(23)32)28(35)19-37-18-22-12-13-24(30)25(31)14-22/h3-14,20,27H,15-19H2,1-2H3,(H,33,36)/t27-/m0/s1. The molecule has 0 heterocycles. The Morgan fingerprint density at radius 1 is 0.946 bits per heavy atom. The molecule has 3 rings (SSSR count). The number of thioether (sulfide) groups is 1. The molecule has 0 unspecified atom stereocenters. The molecule has 0 aromatic heterocycles. The van der Waals surface area contributed by atoms with Gasteiger partial charge in [0.15, 0.2) is 0 Å². The lowest BCUT2D eigenvalue weighted by atomic mass is 10.0. The van der Waals surface area contributed by atoms with Gasteiger partial charge in [-0.2, -0.15) is 0 Å². The molecule has 1 atom stereocenters. The molecule has 4 nitrogen and oxygen atoms in total. The Morgan fingerprint density at radius 2 is 1.65 bits per heavy atom. The first kappa shape index (κ1) is 29.0. The number of nitrogens with one attached hydrogen (secondary N) is 1. The fourth-order valence-electron chi connectivity index (χ4n) is 3.76. The Kier molecular flexibility index (Phi) is 11.3. The van der Waals surface area contributed by atoms with Gasteiger partial charge in [-0.05, 0) is 35.2 Å². The number of hydrogen-bond donors (Lipinski definition) is 1. The first-order valence-corrected chi connectivity index (χ1v) is 14.0. The summed E-state index contributed by atoms with van der Waals surface area (Å²) in [7, 11) is 0. The quantitative estimate of drug-likeness (QED) is 0.265. The molecule has 196 valence electrons. The zero-order valence-electron chi connectivity index (χ0n) is 20.9. The maximum Gasteiger partial charge on any atom is 0.243 e. The van der Waals surface area contributed by atoms with Crippen molar-refractivity contribution in [2.24, 2.45) is 5.92 Å². The maximum absolute atomic E-state index is 14.6. The minimum atomic E-state index is -0.793. The van der Waals surface area contributed by atoms with Gasteiger partial charge in [0, 0.05) is 30.8 Å². The molecule has 0 aliphatic heterocycles. The van der Waals surface area contributed by atoms with Gasteiger partial charge in [0.2, 0.25) is 11.8 Å². The number of carbonyl (C=O) groups excluding carboxylic acids is 2. The highest BCUT2D eigenvalue weighted by molar-refractivity contribution is 7.99. The van der Waals surface area contributed by atoms with Crippen LogP contribution in [0.15, 0.2) is 72.8 Å². The average Bonchev–Trinajstić information content (AvgIpc) is 2.88. The van der Waals surface area contributed by atoms with Crippen molar-refractivity contribution in [1.82, 2.24) is 10.2 Å². The molecule has 8 heteroatoms. The third-order valence-electron chi connectivity index (χ3n) is 5.73. The SMILES string of the molecule is CC(C)CNC(=O)[C@H](Cc1ccccc1)N(Cc1ccccc1F)C(=O)CSCc1ccc(Cl)c(Cl)c1. The van der Waals surface area contributed by atoms with E-state index in [0.717, 1.165) is 11.1 Å². The van der Waals surface area contributed by atoms with E-state index in [4.69, 9.17) is 23.2 Å². The van der Waals surface area contributed by atoms with Gasteiger partial charge in [-0.1, -0.05) is 91.6 Å². The van der Waals surface area contributed by atoms with Crippen LogP contribution in [0.5, 0.6) is 0 Å². The van der Waals surface area contributed by atoms with Crippen LogP contribution in [0.2, 0.25) is 10.0 Å². The molecule has 0 bridgehead atoms. The van der Waals surface area contributed by atoms with Crippen LogP contribution in [0.1, 0.15) is 30.5 Å². The van der Waals surface area contributed by atoms with Gasteiger partial charge in [-0.15, -0.1) is 11.8 Å². The zero-order valence-corrected chi connectivity index (χ0v) is 23.3. The smallest absolute Gasteiger partial charge is 0.243 e. The van der Waals surface area contributed by atoms with E-state index < -0.39 is 11.9 Å². The van der Waals surface area contributed by atoms with Crippen molar-refractivity contribution >= 4 is 46.8 Å². The fourth-order valence-corrected chi connectivity index (χ4v) is 4.93. The zero-order chi connectivity index (χ0) is 26.8. The third kappa shape index (κ3) is 9.06. The summed E-state index contributed by atoms with van der Waals surface area (Å²) >= 11 is 13.5. The van der Waals surface area contributed by atoms with E-state index in [2.05, 4.69) is 5.32 Å². The Morgan fingerprint density at radius 3 is 2.32 bits per heavy atom. The van der Waals surface area contributed by atoms with E-state index in [1.54, 1.807) is 30.3 Å². The molecule has 37 heavy (non-hydrogen) atoms. The van der Waals surface area contributed by atoms with Crippen LogP contribution in [0.3, 0.4) is 0 Å². The molecule has 1 N–H and O–H groups in total. The number of amides is 2. The molecule has 3 aromatic rings. The predicted octanol–water partition coefficient (Wildman–Crippen LogP) is 6.78. The Bertz CT molecular complexity index is 1190. The summed E-state index contributed by atoms with van der Waals surface area (Å²) in [5, 5.41) is 3.90. The van der Waals surface area contributed by atoms with Gasteiger partial charge in [-0.3, -0.25) is 9.59 Å². The first-order chi connectivity index (χ1) is 17.7. The molecule has 0 aliphatic carbocycles. The average molecular weight is 562 g/mol. The highest BCUT2D eigenvalue weighted by Gasteiger charge is 2.30. The van der Waals surface area contributed by atoms with E-state index in [1.165, 1.54) is 22.7 Å². The van der Waals surface area contributed by atoms with Gasteiger partial charge >= 0.3 is 0 Å². The van der Waals surface area contributed by atoms with Crippen LogP contribution in [-0.2, 0) is 28.3 Å². The van der Waals surface area contributed by atoms with Gasteiger partial charge in [0.25, 0.3) is 0 Å². The Hall–Kier alpha value is -2.54. The monoisotopic (exact) mass is 560 g/mol. The summed E-state index contributed by atoms with van der Waals surface area (Å²) in [5.41, 5.74) is 2.21. The van der Waals surface area contributed by atoms with Crippen LogP contribution in [-0.4, -0.2) is 35.1 Å². The molecular weight excluding hydrogens is 530 g/mol. The summed E-state index contributed by atoms with van der Waals surface area (Å²) in [6, 6.07) is 20.5. The first-order valence-electron chi connectivity index (χ1n) is 12.1. The number of rotatable bonds is 12. The van der Waals surface area contributed by atoms with E-state index in [-0.39, 0.29) is 30.0 Å². The highest BCUT2D eigenvalue weighted by Crippen LogP contribution is 2.25. The molecule has 2 amide bonds. The molecule has 0 saturated heterocycles. The lowest BCUT2D eigenvalue weighted by molar-refractivity contribution is -0.139. The van der Waals surface area contributed by atoms with Crippen molar-refractivity contribution in [2.75, 3.05) is 12.3 Å². The normalized spacial score (nSPS) is 11.8. The molecular formula is C29H31Cl2FN2O2S. The summed E-state index contributed by atoms with van der Waals surface area (Å²) in [6.07, 6.45) is 0.322. The number of carbonyl (C=O) groups is 2. The second-order valence-corrected chi connectivity index (χ2v) is 11.0. The maximum atomic E-state index is 14.6. The van der Waals surface area contributed by atoms with E-state index >= 15 is 0 Å². The molecule has 0 radical (unpaired) electrons. The number of halogens is 3. The summed E-state index contributed by atoms with van der Waals surface area (Å²) in [4.78, 5) is 28.5. The van der Waals surface area contributed by atoms with Crippen LogP contribution in [0.25, 0.3) is 0 Å². The van der Waals surface area contributed by atoms with Gasteiger partial charge < -0.3 is 10.2 Å². The highest BCUT2D eigenvalue weighted by atomic mass is 35.5. The van der Waals surface area contributed by atoms with Gasteiger partial charge in [-0.25, -0.2) is 4.39 Å². The molecule has 0 aliphatic rings. The summed E-state index contributed by atoms with van der Waals surface area (Å²) in [6.45, 7) is 4.49. The van der Waals surface area contributed by atoms with Crippen LogP contribution >= 0.6 is 35.0 Å². The lowest BCUT2D eigenvalue weighted by Crippen LogP contribution is -2.51. The minimum Gasteiger partial charge on any atom is -0.354 e. The lowest BCUT2D eigenvalue weighted by Gasteiger charge is -2.32. The molecule has 0 spiro atoms. The van der Waals surface area contributed by atoms with Crippen LogP contribution in [0, 0.1) is 11.7 Å². The van der Waals surface area contributed by atoms with Gasteiger partial charge in [0.05, 0.1) is 15.8 Å². The van der Waals surface area contributed by atoms with E-state index in [9.17, 15) is 14.0 Å². The van der Waals surface area contributed by atoms with E-state index in [1.807, 2.05) is 50.2 Å². The number of hydrogen-bond acceptors (Lipinski definition) is 3. The molecule has 3 aromatic carbocycles. The van der Waals surface area contributed by atoms with Gasteiger partial charge in [0.1, 0.15) is 11.9 Å². The second kappa shape index (κ2) is 14.4.